The molecule has 1 heterocycles. The number of methoxy groups -OCH3 is 1. The Hall–Kier alpha value is -3.39. The second kappa shape index (κ2) is 10.3. The quantitative estimate of drug-likeness (QED) is 0.475. The van der Waals surface area contributed by atoms with Gasteiger partial charge in [0, 0.05) is 19.2 Å². The number of nitrogens with one attached hydrogen (secondary N) is 1. The lowest BCUT2D eigenvalue weighted by Crippen LogP contribution is -2.45. The molecular weight excluding hydrogens is 412 g/mol. The summed E-state index contributed by atoms with van der Waals surface area (Å²) in [5.74, 6) is 0.209. The van der Waals surface area contributed by atoms with Crippen LogP contribution in [0.25, 0.3) is 0 Å². The molecule has 0 bridgehead atoms. The van der Waals surface area contributed by atoms with Crippen molar-refractivity contribution in [3.05, 3.63) is 52.6 Å². The van der Waals surface area contributed by atoms with Gasteiger partial charge in [-0.3, -0.25) is 19.3 Å². The normalized spacial score (nSPS) is 12.8. The molecule has 8 nitrogen and oxygen atoms in total. The van der Waals surface area contributed by atoms with Crippen LogP contribution >= 0.6 is 0 Å². The molecule has 0 spiro atoms. The zero-order valence-corrected chi connectivity index (χ0v) is 18.8. The number of nitrogens with zero attached hydrogens (tertiary/aromatic N) is 1. The van der Waals surface area contributed by atoms with Crippen molar-refractivity contribution >= 4 is 23.3 Å². The molecule has 8 heteroatoms. The van der Waals surface area contributed by atoms with Gasteiger partial charge in [0.15, 0.2) is 19.0 Å². The summed E-state index contributed by atoms with van der Waals surface area (Å²) in [5, 5.41) is 2.69. The number of hydrogen-bond donors (Lipinski definition) is 1. The third-order valence-electron chi connectivity index (χ3n) is 5.11. The van der Waals surface area contributed by atoms with E-state index in [4.69, 9.17) is 14.2 Å². The molecule has 32 heavy (non-hydrogen) atoms. The Kier molecular flexibility index (Phi) is 7.48. The van der Waals surface area contributed by atoms with Gasteiger partial charge in [0.2, 0.25) is 5.91 Å². The second-order valence-electron chi connectivity index (χ2n) is 7.73. The molecule has 0 aliphatic carbocycles. The average molecular weight is 440 g/mol. The number of aryl methyl sites for hydroxylation is 3. The van der Waals surface area contributed by atoms with Gasteiger partial charge in [-0.15, -0.1) is 0 Å². The summed E-state index contributed by atoms with van der Waals surface area (Å²) in [6, 6.07) is 8.84. The molecule has 0 unspecified atom stereocenters. The lowest BCUT2D eigenvalue weighted by molar-refractivity contribution is -0.125. The fourth-order valence-electron chi connectivity index (χ4n) is 3.66. The van der Waals surface area contributed by atoms with E-state index in [0.717, 1.165) is 16.7 Å². The first-order valence-corrected chi connectivity index (χ1v) is 10.4. The van der Waals surface area contributed by atoms with Crippen LogP contribution < -0.4 is 19.7 Å². The van der Waals surface area contributed by atoms with Crippen LogP contribution in [0.2, 0.25) is 0 Å². The first kappa shape index (κ1) is 23.3. The molecule has 2 amide bonds. The van der Waals surface area contributed by atoms with E-state index in [-0.39, 0.29) is 37.4 Å². The molecule has 3 rings (SSSR count). The van der Waals surface area contributed by atoms with Crippen molar-refractivity contribution < 1.29 is 28.6 Å². The topological polar surface area (TPSA) is 94.2 Å². The molecule has 1 aliphatic rings. The van der Waals surface area contributed by atoms with Gasteiger partial charge in [-0.05, 0) is 50.1 Å². The van der Waals surface area contributed by atoms with Crippen LogP contribution in [0.4, 0.5) is 5.69 Å². The van der Waals surface area contributed by atoms with Crippen LogP contribution in [0.3, 0.4) is 0 Å². The maximum absolute atomic E-state index is 12.8. The Bertz CT molecular complexity index is 1010. The summed E-state index contributed by atoms with van der Waals surface area (Å²) in [6.07, 6.45) is 0. The summed E-state index contributed by atoms with van der Waals surface area (Å²) in [6.45, 7) is 6.13. The van der Waals surface area contributed by atoms with E-state index >= 15 is 0 Å². The number of rotatable bonds is 9. The third-order valence-corrected chi connectivity index (χ3v) is 5.11. The van der Waals surface area contributed by atoms with E-state index in [9.17, 15) is 14.4 Å². The maximum atomic E-state index is 12.8. The maximum Gasteiger partial charge on any atom is 0.265 e. The largest absolute Gasteiger partial charge is 0.485 e. The first-order valence-electron chi connectivity index (χ1n) is 10.4. The number of ketones is 1. The molecule has 0 aromatic heterocycles. The number of amides is 2. The van der Waals surface area contributed by atoms with E-state index in [0.29, 0.717) is 35.9 Å². The Morgan fingerprint density at radius 1 is 1.12 bits per heavy atom. The number of benzene rings is 2. The molecule has 1 N–H and O–H groups in total. The summed E-state index contributed by atoms with van der Waals surface area (Å²) in [5.41, 5.74) is 3.81. The van der Waals surface area contributed by atoms with Gasteiger partial charge in [-0.2, -0.15) is 0 Å². The van der Waals surface area contributed by atoms with Crippen molar-refractivity contribution in [3.63, 3.8) is 0 Å². The molecule has 170 valence electrons. The zero-order valence-electron chi connectivity index (χ0n) is 18.8. The minimum Gasteiger partial charge on any atom is -0.485 e. The van der Waals surface area contributed by atoms with Gasteiger partial charge >= 0.3 is 0 Å². The van der Waals surface area contributed by atoms with Crippen LogP contribution in [0.15, 0.2) is 30.3 Å². The second-order valence-corrected chi connectivity index (χ2v) is 7.73. The van der Waals surface area contributed by atoms with E-state index in [1.807, 2.05) is 32.9 Å². The first-order chi connectivity index (χ1) is 15.3. The fourth-order valence-corrected chi connectivity index (χ4v) is 3.66. The Morgan fingerprint density at radius 2 is 1.84 bits per heavy atom. The lowest BCUT2D eigenvalue weighted by Gasteiger charge is -2.29. The third kappa shape index (κ3) is 5.45. The predicted molar refractivity (Wildman–Crippen MR) is 120 cm³/mol. The summed E-state index contributed by atoms with van der Waals surface area (Å²) >= 11 is 0. The summed E-state index contributed by atoms with van der Waals surface area (Å²) in [7, 11) is 1.54. The van der Waals surface area contributed by atoms with Crippen molar-refractivity contribution in [1.29, 1.82) is 0 Å². The van der Waals surface area contributed by atoms with Crippen molar-refractivity contribution in [2.24, 2.45) is 0 Å². The predicted octanol–water partition coefficient (Wildman–Crippen LogP) is 2.36. The van der Waals surface area contributed by atoms with Crippen molar-refractivity contribution in [3.8, 4) is 11.5 Å². The Balaban J connectivity index is 1.74. The molecule has 0 saturated carbocycles. The molecule has 2 aromatic rings. The zero-order chi connectivity index (χ0) is 23.3. The number of hydrogen-bond acceptors (Lipinski definition) is 6. The molecule has 0 atom stereocenters. The summed E-state index contributed by atoms with van der Waals surface area (Å²) < 4.78 is 16.2. The molecule has 0 fully saturated rings. The van der Waals surface area contributed by atoms with Gasteiger partial charge in [-0.1, -0.05) is 17.7 Å². The minimum absolute atomic E-state index is 0.143. The van der Waals surface area contributed by atoms with Crippen LogP contribution in [0.5, 0.6) is 11.5 Å². The van der Waals surface area contributed by atoms with E-state index in [2.05, 4.69) is 5.32 Å². The number of anilines is 1. The van der Waals surface area contributed by atoms with Crippen LogP contribution in [-0.4, -0.2) is 57.6 Å². The van der Waals surface area contributed by atoms with Crippen molar-refractivity contribution in [2.45, 2.75) is 20.8 Å². The Labute approximate surface area is 187 Å². The highest BCUT2D eigenvalue weighted by molar-refractivity contribution is 6.04. The van der Waals surface area contributed by atoms with Crippen molar-refractivity contribution in [1.82, 2.24) is 5.32 Å². The molecule has 0 saturated heterocycles. The fraction of sp³-hybridized carbons (Fsp3) is 0.375. The smallest absolute Gasteiger partial charge is 0.265 e. The highest BCUT2D eigenvalue weighted by Crippen LogP contribution is 2.33. The number of fused-ring (bicyclic) bond motifs is 1. The molecule has 1 aliphatic heterocycles. The lowest BCUT2D eigenvalue weighted by atomic mass is 10.1. The highest BCUT2D eigenvalue weighted by atomic mass is 16.5. The monoisotopic (exact) mass is 440 g/mol. The number of carbonyl (C=O) groups excluding carboxylic acids is 3. The van der Waals surface area contributed by atoms with E-state index in [1.165, 1.54) is 12.0 Å². The minimum atomic E-state index is -0.355. The van der Waals surface area contributed by atoms with Gasteiger partial charge < -0.3 is 19.5 Å². The van der Waals surface area contributed by atoms with Gasteiger partial charge in [0.05, 0.1) is 12.3 Å². The van der Waals surface area contributed by atoms with Gasteiger partial charge in [0.1, 0.15) is 18.0 Å². The summed E-state index contributed by atoms with van der Waals surface area (Å²) in [4.78, 5) is 38.8. The van der Waals surface area contributed by atoms with Crippen LogP contribution in [0.1, 0.15) is 27.0 Å². The highest BCUT2D eigenvalue weighted by Gasteiger charge is 2.28. The Morgan fingerprint density at radius 3 is 2.53 bits per heavy atom. The van der Waals surface area contributed by atoms with Gasteiger partial charge in [0.25, 0.3) is 5.91 Å². The number of Topliss-reactive ketones (excluding diaryl/α,β-unsaturated/α-hetero) is 1. The number of ether oxygens (including phenoxy) is 3. The van der Waals surface area contributed by atoms with Gasteiger partial charge in [-0.25, -0.2) is 0 Å². The SMILES string of the molecule is COCCNC(=O)CN1C(=O)COc2ccc(C(=O)COc3c(C)cc(C)cc3C)cc21. The standard InChI is InChI=1S/C24H28N2O6/c1-15-9-16(2)24(17(3)10-15)32-13-20(27)18-5-6-21-19(11-18)26(23(29)14-31-21)12-22(28)25-7-8-30-4/h5-6,9-11H,7-8,12-14H2,1-4H3,(H,25,28). The molecule has 0 radical (unpaired) electrons. The number of carbonyl (C=O) groups is 3. The average Bonchev–Trinajstić information content (AvgIpc) is 2.74. The van der Waals surface area contributed by atoms with Crippen LogP contribution in [-0.2, 0) is 14.3 Å². The van der Waals surface area contributed by atoms with E-state index in [1.54, 1.807) is 18.2 Å². The van der Waals surface area contributed by atoms with Crippen LogP contribution in [0, 0.1) is 20.8 Å². The van der Waals surface area contributed by atoms with E-state index < -0.39 is 0 Å². The van der Waals surface area contributed by atoms with Crippen molar-refractivity contribution in [2.75, 3.05) is 44.9 Å². The molecular formula is C24H28N2O6. The molecule has 2 aromatic carbocycles.